The summed E-state index contributed by atoms with van der Waals surface area (Å²) in [6.07, 6.45) is 1.66. The summed E-state index contributed by atoms with van der Waals surface area (Å²) in [5, 5.41) is 8.82. The van der Waals surface area contributed by atoms with Gasteiger partial charge in [0.1, 0.15) is 0 Å². The van der Waals surface area contributed by atoms with Gasteiger partial charge in [-0.3, -0.25) is 4.79 Å². The van der Waals surface area contributed by atoms with Gasteiger partial charge in [0.05, 0.1) is 18.6 Å². The Morgan fingerprint density at radius 1 is 1.56 bits per heavy atom. The standard InChI is InChI=1S/C12H23NO3/c1-9(2)13(5-4-6-14)12(15)11-7-10(3)16-8-11/h9-11,14H,4-8H2,1-3H3. The van der Waals surface area contributed by atoms with Crippen LogP contribution in [0.3, 0.4) is 0 Å². The molecule has 1 heterocycles. The number of nitrogens with zero attached hydrogens (tertiary/aromatic N) is 1. The lowest BCUT2D eigenvalue weighted by atomic mass is 10.0. The van der Waals surface area contributed by atoms with Crippen LogP contribution in [0, 0.1) is 5.92 Å². The summed E-state index contributed by atoms with van der Waals surface area (Å²) in [5.74, 6) is 0.184. The van der Waals surface area contributed by atoms with Gasteiger partial charge in [0.25, 0.3) is 0 Å². The number of amides is 1. The Labute approximate surface area is 97.6 Å². The van der Waals surface area contributed by atoms with Crippen LogP contribution in [-0.2, 0) is 9.53 Å². The van der Waals surface area contributed by atoms with E-state index in [-0.39, 0.29) is 30.6 Å². The molecule has 0 aromatic heterocycles. The van der Waals surface area contributed by atoms with Gasteiger partial charge in [-0.05, 0) is 33.6 Å². The van der Waals surface area contributed by atoms with Gasteiger partial charge in [0.2, 0.25) is 5.91 Å². The number of carbonyl (C=O) groups is 1. The Balaban J connectivity index is 2.53. The van der Waals surface area contributed by atoms with Gasteiger partial charge in [0, 0.05) is 19.2 Å². The molecule has 1 rings (SSSR count). The molecule has 0 aromatic carbocycles. The zero-order valence-electron chi connectivity index (χ0n) is 10.5. The van der Waals surface area contributed by atoms with Crippen LogP contribution in [0.1, 0.15) is 33.6 Å². The fourth-order valence-electron chi connectivity index (χ4n) is 2.09. The Morgan fingerprint density at radius 2 is 2.25 bits per heavy atom. The van der Waals surface area contributed by atoms with Crippen LogP contribution < -0.4 is 0 Å². The monoisotopic (exact) mass is 229 g/mol. The summed E-state index contributed by atoms with van der Waals surface area (Å²) in [4.78, 5) is 14.1. The molecule has 0 saturated carbocycles. The molecule has 1 saturated heterocycles. The first kappa shape index (κ1) is 13.5. The van der Waals surface area contributed by atoms with E-state index in [1.165, 1.54) is 0 Å². The molecular formula is C12H23NO3. The maximum Gasteiger partial charge on any atom is 0.228 e. The summed E-state index contributed by atoms with van der Waals surface area (Å²) in [6.45, 7) is 7.33. The van der Waals surface area contributed by atoms with Crippen molar-refractivity contribution in [2.45, 2.75) is 45.8 Å². The molecule has 1 aliphatic heterocycles. The van der Waals surface area contributed by atoms with E-state index >= 15 is 0 Å². The third kappa shape index (κ3) is 3.46. The minimum absolute atomic E-state index is 0.0103. The smallest absolute Gasteiger partial charge is 0.228 e. The molecule has 0 aliphatic carbocycles. The molecule has 1 amide bonds. The van der Waals surface area contributed by atoms with Gasteiger partial charge in [-0.2, -0.15) is 0 Å². The Hall–Kier alpha value is -0.610. The minimum atomic E-state index is 0.0103. The molecule has 4 heteroatoms. The molecule has 16 heavy (non-hydrogen) atoms. The molecular weight excluding hydrogens is 206 g/mol. The number of hydrogen-bond donors (Lipinski definition) is 1. The Kier molecular flexibility index (Phi) is 5.22. The van der Waals surface area contributed by atoms with Crippen LogP contribution in [0.25, 0.3) is 0 Å². The second-order valence-corrected chi connectivity index (χ2v) is 4.78. The van der Waals surface area contributed by atoms with Crippen molar-refractivity contribution in [1.29, 1.82) is 0 Å². The fourth-order valence-corrected chi connectivity index (χ4v) is 2.09. The van der Waals surface area contributed by atoms with Gasteiger partial charge >= 0.3 is 0 Å². The van der Waals surface area contributed by atoms with Gasteiger partial charge in [0.15, 0.2) is 0 Å². The summed E-state index contributed by atoms with van der Waals surface area (Å²) in [6, 6.07) is 0.190. The van der Waals surface area contributed by atoms with E-state index in [4.69, 9.17) is 9.84 Å². The van der Waals surface area contributed by atoms with Crippen LogP contribution in [0.4, 0.5) is 0 Å². The van der Waals surface area contributed by atoms with Crippen molar-refractivity contribution in [2.75, 3.05) is 19.8 Å². The zero-order chi connectivity index (χ0) is 12.1. The van der Waals surface area contributed by atoms with E-state index in [0.717, 1.165) is 6.42 Å². The maximum atomic E-state index is 12.2. The van der Waals surface area contributed by atoms with Gasteiger partial charge in [-0.25, -0.2) is 0 Å². The van der Waals surface area contributed by atoms with Crippen molar-refractivity contribution in [3.05, 3.63) is 0 Å². The first-order valence-corrected chi connectivity index (χ1v) is 6.09. The third-order valence-corrected chi connectivity index (χ3v) is 3.01. The molecule has 0 radical (unpaired) electrons. The SMILES string of the molecule is CC1CC(C(=O)N(CCCO)C(C)C)CO1. The van der Waals surface area contributed by atoms with Crippen molar-refractivity contribution >= 4 is 5.91 Å². The van der Waals surface area contributed by atoms with E-state index in [0.29, 0.717) is 19.6 Å². The van der Waals surface area contributed by atoms with E-state index in [2.05, 4.69) is 0 Å². The molecule has 1 N–H and O–H groups in total. The highest BCUT2D eigenvalue weighted by Crippen LogP contribution is 2.22. The van der Waals surface area contributed by atoms with Crippen LogP contribution in [-0.4, -0.2) is 47.8 Å². The number of aliphatic hydroxyl groups excluding tert-OH is 1. The van der Waals surface area contributed by atoms with Crippen molar-refractivity contribution in [3.63, 3.8) is 0 Å². The lowest BCUT2D eigenvalue weighted by Gasteiger charge is -2.28. The highest BCUT2D eigenvalue weighted by molar-refractivity contribution is 5.79. The number of aliphatic hydroxyl groups is 1. The van der Waals surface area contributed by atoms with Crippen molar-refractivity contribution in [1.82, 2.24) is 4.90 Å². The summed E-state index contributed by atoms with van der Waals surface area (Å²) >= 11 is 0. The molecule has 0 bridgehead atoms. The third-order valence-electron chi connectivity index (χ3n) is 3.01. The quantitative estimate of drug-likeness (QED) is 0.766. The summed E-state index contributed by atoms with van der Waals surface area (Å²) < 4.78 is 5.42. The molecule has 1 aliphatic rings. The lowest BCUT2D eigenvalue weighted by molar-refractivity contribution is -0.137. The zero-order valence-corrected chi connectivity index (χ0v) is 10.5. The predicted octanol–water partition coefficient (Wildman–Crippen LogP) is 1.03. The predicted molar refractivity (Wildman–Crippen MR) is 62.1 cm³/mol. The van der Waals surface area contributed by atoms with Gasteiger partial charge in [-0.15, -0.1) is 0 Å². The Bertz CT molecular complexity index is 230. The van der Waals surface area contributed by atoms with Crippen LogP contribution in [0.2, 0.25) is 0 Å². The first-order valence-electron chi connectivity index (χ1n) is 6.09. The molecule has 2 atom stereocenters. The molecule has 94 valence electrons. The van der Waals surface area contributed by atoms with E-state index in [1.807, 2.05) is 25.7 Å². The number of rotatable bonds is 5. The van der Waals surface area contributed by atoms with Gasteiger partial charge in [-0.1, -0.05) is 0 Å². The fraction of sp³-hybridized carbons (Fsp3) is 0.917. The van der Waals surface area contributed by atoms with Crippen LogP contribution >= 0.6 is 0 Å². The Morgan fingerprint density at radius 3 is 2.69 bits per heavy atom. The largest absolute Gasteiger partial charge is 0.396 e. The average Bonchev–Trinajstić information content (AvgIpc) is 2.64. The maximum absolute atomic E-state index is 12.2. The molecule has 0 aromatic rings. The highest BCUT2D eigenvalue weighted by atomic mass is 16.5. The molecule has 4 nitrogen and oxygen atoms in total. The van der Waals surface area contributed by atoms with Crippen molar-refractivity contribution < 1.29 is 14.6 Å². The molecule has 2 unspecified atom stereocenters. The van der Waals surface area contributed by atoms with Crippen LogP contribution in [0.15, 0.2) is 0 Å². The average molecular weight is 229 g/mol. The number of hydrogen-bond acceptors (Lipinski definition) is 3. The van der Waals surface area contributed by atoms with Gasteiger partial charge < -0.3 is 14.7 Å². The molecule has 0 spiro atoms. The lowest BCUT2D eigenvalue weighted by Crippen LogP contribution is -2.42. The second-order valence-electron chi connectivity index (χ2n) is 4.78. The number of carbonyl (C=O) groups excluding carboxylic acids is 1. The van der Waals surface area contributed by atoms with Crippen LogP contribution in [0.5, 0.6) is 0 Å². The molecule has 1 fully saturated rings. The number of ether oxygens (including phenoxy) is 1. The van der Waals surface area contributed by atoms with Crippen molar-refractivity contribution in [3.8, 4) is 0 Å². The highest BCUT2D eigenvalue weighted by Gasteiger charge is 2.32. The van der Waals surface area contributed by atoms with Crippen molar-refractivity contribution in [2.24, 2.45) is 5.92 Å². The minimum Gasteiger partial charge on any atom is -0.396 e. The normalized spacial score (nSPS) is 25.1. The van der Waals surface area contributed by atoms with E-state index in [9.17, 15) is 4.79 Å². The summed E-state index contributed by atoms with van der Waals surface area (Å²) in [5.41, 5.74) is 0. The first-order chi connectivity index (χ1) is 7.56. The van der Waals surface area contributed by atoms with E-state index < -0.39 is 0 Å². The second kappa shape index (κ2) is 6.21. The summed E-state index contributed by atoms with van der Waals surface area (Å²) in [7, 11) is 0. The topological polar surface area (TPSA) is 49.8 Å². The van der Waals surface area contributed by atoms with E-state index in [1.54, 1.807) is 0 Å².